The van der Waals surface area contributed by atoms with Gasteiger partial charge in [-0.05, 0) is 31.0 Å². The standard InChI is InChI=1S/C25H23ClN4/c26-20-15-19(14-18-12-7-13-28-21(18)20)23-22(16-8-3-1-4-9-16)30-25(27)24(29-23)17-10-5-2-6-11-17/h1,3-4,7-9,12-15,17H,2,5-6,10-11H2,(H2,27,30). The van der Waals surface area contributed by atoms with Gasteiger partial charge in [-0.2, -0.15) is 0 Å². The number of anilines is 1. The molecule has 0 saturated heterocycles. The van der Waals surface area contributed by atoms with E-state index in [0.717, 1.165) is 52.0 Å². The number of nitrogens with two attached hydrogens (primary N) is 1. The number of fused-ring (bicyclic) bond motifs is 1. The molecule has 5 heteroatoms. The van der Waals surface area contributed by atoms with Gasteiger partial charge >= 0.3 is 0 Å². The number of benzene rings is 2. The minimum absolute atomic E-state index is 0.368. The van der Waals surface area contributed by atoms with Crippen LogP contribution in [0.25, 0.3) is 33.4 Å². The summed E-state index contributed by atoms with van der Waals surface area (Å²) >= 11 is 6.59. The second-order valence-corrected chi connectivity index (χ2v) is 8.33. The normalized spacial score (nSPS) is 14.8. The van der Waals surface area contributed by atoms with Gasteiger partial charge < -0.3 is 5.73 Å². The molecule has 0 aliphatic heterocycles. The zero-order valence-corrected chi connectivity index (χ0v) is 17.4. The van der Waals surface area contributed by atoms with Gasteiger partial charge in [0.1, 0.15) is 5.82 Å². The second-order valence-electron chi connectivity index (χ2n) is 7.93. The molecule has 1 fully saturated rings. The monoisotopic (exact) mass is 414 g/mol. The molecule has 2 aromatic carbocycles. The molecule has 2 heterocycles. The Bertz CT molecular complexity index is 1200. The van der Waals surface area contributed by atoms with Crippen molar-refractivity contribution in [3.63, 3.8) is 0 Å². The minimum Gasteiger partial charge on any atom is -0.382 e. The molecule has 0 atom stereocenters. The van der Waals surface area contributed by atoms with E-state index in [1.807, 2.05) is 48.5 Å². The highest BCUT2D eigenvalue weighted by molar-refractivity contribution is 6.35. The first-order valence-corrected chi connectivity index (χ1v) is 10.9. The Labute approximate surface area is 181 Å². The molecule has 0 amide bonds. The highest BCUT2D eigenvalue weighted by Gasteiger charge is 2.23. The van der Waals surface area contributed by atoms with Crippen LogP contribution in [0.2, 0.25) is 5.02 Å². The fourth-order valence-electron chi connectivity index (χ4n) is 4.42. The van der Waals surface area contributed by atoms with Crippen molar-refractivity contribution in [2.75, 3.05) is 5.73 Å². The van der Waals surface area contributed by atoms with Crippen molar-refractivity contribution in [2.45, 2.75) is 38.0 Å². The van der Waals surface area contributed by atoms with Gasteiger partial charge in [0.05, 0.1) is 27.6 Å². The van der Waals surface area contributed by atoms with Crippen LogP contribution in [0.1, 0.15) is 43.7 Å². The summed E-state index contributed by atoms with van der Waals surface area (Å²) in [6.07, 6.45) is 7.71. The van der Waals surface area contributed by atoms with E-state index in [1.165, 1.54) is 19.3 Å². The Hall–Kier alpha value is -2.98. The highest BCUT2D eigenvalue weighted by atomic mass is 35.5. The van der Waals surface area contributed by atoms with Gasteiger partial charge in [-0.25, -0.2) is 9.97 Å². The Morgan fingerprint density at radius 3 is 2.40 bits per heavy atom. The average Bonchev–Trinajstić information content (AvgIpc) is 2.80. The van der Waals surface area contributed by atoms with Crippen LogP contribution in [0.15, 0.2) is 60.8 Å². The van der Waals surface area contributed by atoms with Crippen LogP contribution in [-0.4, -0.2) is 15.0 Å². The quantitative estimate of drug-likeness (QED) is 0.408. The van der Waals surface area contributed by atoms with Crippen LogP contribution in [0.5, 0.6) is 0 Å². The third kappa shape index (κ3) is 3.52. The van der Waals surface area contributed by atoms with E-state index < -0.39 is 0 Å². The molecule has 1 aliphatic carbocycles. The van der Waals surface area contributed by atoms with Gasteiger partial charge in [-0.1, -0.05) is 67.3 Å². The van der Waals surface area contributed by atoms with E-state index >= 15 is 0 Å². The molecule has 4 aromatic rings. The molecule has 2 N–H and O–H groups in total. The number of hydrogen-bond acceptors (Lipinski definition) is 4. The molecule has 0 unspecified atom stereocenters. The van der Waals surface area contributed by atoms with Gasteiger partial charge in [0, 0.05) is 28.6 Å². The van der Waals surface area contributed by atoms with E-state index in [4.69, 9.17) is 27.3 Å². The molecule has 0 bridgehead atoms. The molecule has 150 valence electrons. The van der Waals surface area contributed by atoms with Crippen molar-refractivity contribution >= 4 is 28.3 Å². The van der Waals surface area contributed by atoms with Crippen molar-refractivity contribution in [2.24, 2.45) is 0 Å². The summed E-state index contributed by atoms with van der Waals surface area (Å²) in [5.41, 5.74) is 11.7. The summed E-state index contributed by atoms with van der Waals surface area (Å²) in [5, 5.41) is 1.59. The number of pyridine rings is 1. The summed E-state index contributed by atoms with van der Waals surface area (Å²) < 4.78 is 0. The smallest absolute Gasteiger partial charge is 0.146 e. The van der Waals surface area contributed by atoms with Gasteiger partial charge in [0.25, 0.3) is 0 Å². The second kappa shape index (κ2) is 8.04. The number of aromatic nitrogens is 3. The Morgan fingerprint density at radius 2 is 1.60 bits per heavy atom. The lowest BCUT2D eigenvalue weighted by molar-refractivity contribution is 0.437. The van der Waals surface area contributed by atoms with Gasteiger partial charge in [0.15, 0.2) is 0 Å². The van der Waals surface area contributed by atoms with E-state index in [0.29, 0.717) is 16.8 Å². The number of nitrogens with zero attached hydrogens (tertiary/aromatic N) is 3. The van der Waals surface area contributed by atoms with E-state index in [-0.39, 0.29) is 0 Å². The van der Waals surface area contributed by atoms with Crippen LogP contribution in [0.3, 0.4) is 0 Å². The third-order valence-corrected chi connectivity index (χ3v) is 6.21. The predicted octanol–water partition coefficient (Wildman–Crippen LogP) is 6.64. The molecular weight excluding hydrogens is 392 g/mol. The molecule has 5 rings (SSSR count). The van der Waals surface area contributed by atoms with Gasteiger partial charge in [-0.3, -0.25) is 4.98 Å². The lowest BCUT2D eigenvalue weighted by Gasteiger charge is -2.23. The Morgan fingerprint density at radius 1 is 0.833 bits per heavy atom. The first-order chi connectivity index (χ1) is 14.7. The zero-order chi connectivity index (χ0) is 20.5. The lowest BCUT2D eigenvalue weighted by atomic mass is 9.86. The maximum atomic E-state index is 6.59. The minimum atomic E-state index is 0.368. The molecule has 1 saturated carbocycles. The third-order valence-electron chi connectivity index (χ3n) is 5.92. The number of hydrogen-bond donors (Lipinski definition) is 1. The van der Waals surface area contributed by atoms with Gasteiger partial charge in [0.2, 0.25) is 0 Å². The van der Waals surface area contributed by atoms with Crippen LogP contribution < -0.4 is 5.73 Å². The molecule has 1 aliphatic rings. The average molecular weight is 415 g/mol. The molecule has 0 radical (unpaired) electrons. The maximum absolute atomic E-state index is 6.59. The SMILES string of the molecule is Nc1nc(-c2ccccc2)c(-c2cc(Cl)c3ncccc3c2)nc1C1CCCCC1. The van der Waals surface area contributed by atoms with Crippen molar-refractivity contribution in [3.8, 4) is 22.5 Å². The van der Waals surface area contributed by atoms with Crippen LogP contribution in [-0.2, 0) is 0 Å². The molecule has 4 nitrogen and oxygen atoms in total. The highest BCUT2D eigenvalue weighted by Crippen LogP contribution is 2.39. The predicted molar refractivity (Wildman–Crippen MR) is 123 cm³/mol. The largest absolute Gasteiger partial charge is 0.382 e. The lowest BCUT2D eigenvalue weighted by Crippen LogP contribution is -2.12. The summed E-state index contributed by atoms with van der Waals surface area (Å²) in [6.45, 7) is 0. The van der Waals surface area contributed by atoms with Crippen molar-refractivity contribution in [1.29, 1.82) is 0 Å². The zero-order valence-electron chi connectivity index (χ0n) is 16.7. The fourth-order valence-corrected chi connectivity index (χ4v) is 4.70. The topological polar surface area (TPSA) is 64.7 Å². The first-order valence-electron chi connectivity index (χ1n) is 10.5. The Balaban J connectivity index is 1.74. The maximum Gasteiger partial charge on any atom is 0.146 e. The van der Waals surface area contributed by atoms with Crippen molar-refractivity contribution < 1.29 is 0 Å². The van der Waals surface area contributed by atoms with Crippen molar-refractivity contribution in [1.82, 2.24) is 15.0 Å². The van der Waals surface area contributed by atoms with Crippen molar-refractivity contribution in [3.05, 3.63) is 71.5 Å². The summed E-state index contributed by atoms with van der Waals surface area (Å²) in [6, 6.07) is 18.0. The Kier molecular flexibility index (Phi) is 5.09. The number of rotatable bonds is 3. The van der Waals surface area contributed by atoms with Crippen LogP contribution in [0, 0.1) is 0 Å². The number of nitrogen functional groups attached to an aromatic ring is 1. The summed E-state index contributed by atoms with van der Waals surface area (Å²) in [7, 11) is 0. The van der Waals surface area contributed by atoms with Gasteiger partial charge in [-0.15, -0.1) is 0 Å². The van der Waals surface area contributed by atoms with E-state index in [9.17, 15) is 0 Å². The molecule has 2 aromatic heterocycles. The van der Waals surface area contributed by atoms with E-state index in [1.54, 1.807) is 6.20 Å². The first kappa shape index (κ1) is 19.0. The van der Waals surface area contributed by atoms with E-state index in [2.05, 4.69) is 11.1 Å². The molecule has 0 spiro atoms. The van der Waals surface area contributed by atoms with Crippen LogP contribution in [0.4, 0.5) is 5.82 Å². The molecule has 30 heavy (non-hydrogen) atoms. The summed E-state index contributed by atoms with van der Waals surface area (Å²) in [4.78, 5) is 14.4. The molecular formula is C25H23ClN4. The summed E-state index contributed by atoms with van der Waals surface area (Å²) in [5.74, 6) is 0.908. The number of halogens is 1. The fraction of sp³-hybridized carbons (Fsp3) is 0.240. The van der Waals surface area contributed by atoms with Crippen LogP contribution >= 0.6 is 11.6 Å².